The van der Waals surface area contributed by atoms with Gasteiger partial charge in [0.05, 0.1) is 29.5 Å². The van der Waals surface area contributed by atoms with E-state index in [0.717, 1.165) is 51.4 Å². The number of nitro groups is 1. The average Bonchev–Trinajstić information content (AvgIpc) is 2.94. The number of unbranched alkanes of at least 4 members (excludes halogenated alkanes) is 2. The number of anilines is 2. The van der Waals surface area contributed by atoms with Gasteiger partial charge in [0.2, 0.25) is 0 Å². The normalized spacial score (nSPS) is 12.5. The molecule has 2 aromatic rings. The van der Waals surface area contributed by atoms with E-state index in [9.17, 15) is 10.1 Å². The van der Waals surface area contributed by atoms with Crippen molar-refractivity contribution in [3.8, 4) is 11.5 Å². The first-order valence-electron chi connectivity index (χ1n) is 14.5. The first kappa shape index (κ1) is 33.7. The zero-order valence-electron chi connectivity index (χ0n) is 24.7. The summed E-state index contributed by atoms with van der Waals surface area (Å²) < 4.78 is 12.3. The molecule has 2 atom stereocenters. The zero-order valence-corrected chi connectivity index (χ0v) is 24.7. The van der Waals surface area contributed by atoms with E-state index < -0.39 is 4.92 Å². The summed E-state index contributed by atoms with van der Waals surface area (Å²) >= 11 is 0. The van der Waals surface area contributed by atoms with Gasteiger partial charge in [-0.15, -0.1) is 10.2 Å². The third-order valence-corrected chi connectivity index (χ3v) is 6.61. The van der Waals surface area contributed by atoms with Gasteiger partial charge in [-0.05, 0) is 30.7 Å². The summed E-state index contributed by atoms with van der Waals surface area (Å²) in [7, 11) is 0. The molecule has 0 saturated heterocycles. The highest BCUT2D eigenvalue weighted by atomic mass is 16.6. The molecule has 4 N–H and O–H groups in total. The van der Waals surface area contributed by atoms with Gasteiger partial charge in [0.25, 0.3) is 5.69 Å². The van der Waals surface area contributed by atoms with Crippen molar-refractivity contribution in [3.05, 3.63) is 40.4 Å². The van der Waals surface area contributed by atoms with Crippen LogP contribution >= 0.6 is 0 Å². The summed E-state index contributed by atoms with van der Waals surface area (Å²) in [6, 6.07) is 7.58. The lowest BCUT2D eigenvalue weighted by Gasteiger charge is -2.19. The maximum atomic E-state index is 11.0. The summed E-state index contributed by atoms with van der Waals surface area (Å²) in [6.07, 6.45) is 8.86. The van der Waals surface area contributed by atoms with Crippen LogP contribution in [-0.2, 0) is 0 Å². The molecule has 39 heavy (non-hydrogen) atoms. The average molecular weight is 544 g/mol. The van der Waals surface area contributed by atoms with Gasteiger partial charge in [-0.3, -0.25) is 10.1 Å². The molecule has 0 fully saturated rings. The van der Waals surface area contributed by atoms with E-state index in [1.54, 1.807) is 12.1 Å². The number of nitrogen functional groups attached to an aromatic ring is 2. The summed E-state index contributed by atoms with van der Waals surface area (Å²) in [4.78, 5) is 10.5. The van der Waals surface area contributed by atoms with Crippen molar-refractivity contribution in [1.29, 1.82) is 0 Å². The molecule has 0 aliphatic carbocycles. The van der Waals surface area contributed by atoms with Gasteiger partial charge in [0.15, 0.2) is 0 Å². The van der Waals surface area contributed by atoms with Crippen LogP contribution in [0.15, 0.2) is 40.6 Å². The second-order valence-corrected chi connectivity index (χ2v) is 9.51. The zero-order chi connectivity index (χ0) is 29.2. The molecular formula is C30H49N5O4. The smallest absolute Gasteiger partial charge is 0.271 e. The molecule has 0 saturated carbocycles. The van der Waals surface area contributed by atoms with Crippen LogP contribution in [0.5, 0.6) is 11.5 Å². The minimum absolute atomic E-state index is 0.102. The van der Waals surface area contributed by atoms with E-state index in [1.165, 1.54) is 18.2 Å². The molecule has 9 heteroatoms. The summed E-state index contributed by atoms with van der Waals surface area (Å²) in [5, 5.41) is 19.7. The summed E-state index contributed by atoms with van der Waals surface area (Å²) in [6.45, 7) is 13.8. The number of azo groups is 1. The second-order valence-electron chi connectivity index (χ2n) is 9.51. The number of benzene rings is 2. The van der Waals surface area contributed by atoms with Crippen molar-refractivity contribution >= 4 is 28.4 Å². The third-order valence-electron chi connectivity index (χ3n) is 6.61. The number of nitrogens with two attached hydrogens (primary N) is 2. The molecule has 0 spiro atoms. The highest BCUT2D eigenvalue weighted by Gasteiger charge is 2.16. The molecule has 218 valence electrons. The van der Waals surface area contributed by atoms with Crippen LogP contribution in [0.1, 0.15) is 92.9 Å². The van der Waals surface area contributed by atoms with Crippen molar-refractivity contribution < 1.29 is 14.4 Å². The Bertz CT molecular complexity index is 1030. The lowest BCUT2D eigenvalue weighted by atomic mass is 10.0. The van der Waals surface area contributed by atoms with Crippen molar-refractivity contribution in [2.45, 2.75) is 92.9 Å². The van der Waals surface area contributed by atoms with Crippen molar-refractivity contribution in [1.82, 2.24) is 0 Å². The van der Waals surface area contributed by atoms with Gasteiger partial charge in [0, 0.05) is 24.3 Å². The fourth-order valence-electron chi connectivity index (χ4n) is 3.95. The predicted molar refractivity (Wildman–Crippen MR) is 161 cm³/mol. The molecule has 2 unspecified atom stereocenters. The molecular weight excluding hydrogens is 494 g/mol. The SMILES string of the molecule is CC.CCCCC(CC)COc1cc(N=Nc2ccc([N+](=O)[O-])cc2N)c(OCC(CC)CCCC)cc1N. The van der Waals surface area contributed by atoms with Crippen LogP contribution in [0, 0.1) is 22.0 Å². The van der Waals surface area contributed by atoms with Gasteiger partial charge in [0.1, 0.15) is 22.9 Å². The van der Waals surface area contributed by atoms with Gasteiger partial charge in [-0.2, -0.15) is 0 Å². The van der Waals surface area contributed by atoms with E-state index in [-0.39, 0.29) is 11.4 Å². The number of hydrogen-bond acceptors (Lipinski definition) is 8. The number of ether oxygens (including phenoxy) is 2. The van der Waals surface area contributed by atoms with E-state index in [1.807, 2.05) is 13.8 Å². The molecule has 0 aliphatic rings. The molecule has 9 nitrogen and oxygen atoms in total. The molecule has 2 aromatic carbocycles. The number of nitrogens with zero attached hydrogens (tertiary/aromatic N) is 3. The summed E-state index contributed by atoms with van der Waals surface area (Å²) in [5.41, 5.74) is 13.7. The van der Waals surface area contributed by atoms with Crippen LogP contribution in [0.25, 0.3) is 0 Å². The topological polar surface area (TPSA) is 138 Å². The fourth-order valence-corrected chi connectivity index (χ4v) is 3.95. The van der Waals surface area contributed by atoms with Gasteiger partial charge in [-0.1, -0.05) is 80.1 Å². The number of nitro benzene ring substituents is 1. The number of non-ortho nitro benzene ring substituents is 1. The maximum Gasteiger partial charge on any atom is 0.271 e. The lowest BCUT2D eigenvalue weighted by molar-refractivity contribution is -0.384. The first-order chi connectivity index (χ1) is 18.8. The molecule has 0 bridgehead atoms. The maximum absolute atomic E-state index is 11.0. The Morgan fingerprint density at radius 3 is 1.82 bits per heavy atom. The minimum Gasteiger partial charge on any atom is -0.491 e. The van der Waals surface area contributed by atoms with Crippen LogP contribution in [0.3, 0.4) is 0 Å². The number of rotatable bonds is 17. The minimum atomic E-state index is -0.500. The lowest BCUT2D eigenvalue weighted by Crippen LogP contribution is -2.13. The Morgan fingerprint density at radius 2 is 1.33 bits per heavy atom. The van der Waals surface area contributed by atoms with Crippen molar-refractivity contribution in [2.24, 2.45) is 22.1 Å². The molecule has 0 aromatic heterocycles. The Labute approximate surface area is 234 Å². The molecule has 0 amide bonds. The van der Waals surface area contributed by atoms with Gasteiger partial charge >= 0.3 is 0 Å². The Balaban J connectivity index is 0.00000371. The highest BCUT2D eigenvalue weighted by Crippen LogP contribution is 2.39. The van der Waals surface area contributed by atoms with Crippen LogP contribution in [-0.4, -0.2) is 18.1 Å². The van der Waals surface area contributed by atoms with Gasteiger partial charge < -0.3 is 20.9 Å². The Morgan fingerprint density at radius 1 is 0.795 bits per heavy atom. The molecule has 0 heterocycles. The quantitative estimate of drug-likeness (QED) is 0.0881. The van der Waals surface area contributed by atoms with Crippen molar-refractivity contribution in [3.63, 3.8) is 0 Å². The van der Waals surface area contributed by atoms with E-state index in [4.69, 9.17) is 20.9 Å². The highest BCUT2D eigenvalue weighted by molar-refractivity contribution is 5.68. The predicted octanol–water partition coefficient (Wildman–Crippen LogP) is 9.39. The monoisotopic (exact) mass is 543 g/mol. The molecule has 2 rings (SSSR count). The Hall–Kier alpha value is -3.36. The summed E-state index contributed by atoms with van der Waals surface area (Å²) in [5.74, 6) is 1.92. The van der Waals surface area contributed by atoms with E-state index in [0.29, 0.717) is 53.6 Å². The van der Waals surface area contributed by atoms with Gasteiger partial charge in [-0.25, -0.2) is 0 Å². The standard InChI is InChI=1S/C28H43N5O4.C2H6/c1-5-9-11-20(7-3)18-36-27-17-26(32-31-25-14-13-22(33(34)35)15-23(25)29)28(16-24(27)30)37-19-21(8-4)12-10-6-2;1-2/h13-17,20-21H,5-12,18-19,29-30H2,1-4H3;1-2H3. The van der Waals surface area contributed by atoms with E-state index in [2.05, 4.69) is 37.9 Å². The molecule has 0 aliphatic heterocycles. The van der Waals surface area contributed by atoms with Crippen molar-refractivity contribution in [2.75, 3.05) is 24.7 Å². The van der Waals surface area contributed by atoms with Crippen LogP contribution in [0.4, 0.5) is 28.4 Å². The van der Waals surface area contributed by atoms with Crippen LogP contribution < -0.4 is 20.9 Å². The first-order valence-corrected chi connectivity index (χ1v) is 14.5. The Kier molecular flexibility index (Phi) is 16.2. The fraction of sp³-hybridized carbons (Fsp3) is 0.600. The third kappa shape index (κ3) is 11.5. The van der Waals surface area contributed by atoms with Crippen LogP contribution in [0.2, 0.25) is 0 Å². The number of hydrogen-bond donors (Lipinski definition) is 2. The largest absolute Gasteiger partial charge is 0.491 e. The second kappa shape index (κ2) is 18.8. The molecule has 0 radical (unpaired) electrons. The van der Waals surface area contributed by atoms with E-state index >= 15 is 0 Å².